The number of nitrogen functional groups attached to an aromatic ring is 1. The number of carbonyl (C=O) groups is 1. The Hall–Kier alpha value is -1.66. The van der Waals surface area contributed by atoms with Crippen LogP contribution in [0.1, 0.15) is 54.4 Å². The predicted octanol–water partition coefficient (Wildman–Crippen LogP) is 1.37. The Morgan fingerprint density at radius 1 is 1.50 bits per heavy atom. The second-order valence-electron chi connectivity index (χ2n) is 6.51. The number of aromatic nitrogens is 1. The van der Waals surface area contributed by atoms with Gasteiger partial charge in [-0.05, 0) is 45.2 Å². The molecule has 0 atom stereocenters. The molecule has 1 aromatic heterocycles. The largest absolute Gasteiger partial charge is 0.397 e. The number of hydrogen-bond donors (Lipinski definition) is 3. The number of nitrogens with zero attached hydrogens (tertiary/aromatic N) is 1. The smallest absolute Gasteiger partial charge is 0.270 e. The topological polar surface area (TPSA) is 97.5 Å². The summed E-state index contributed by atoms with van der Waals surface area (Å²) in [5, 5.41) is 12.4. The van der Waals surface area contributed by atoms with Gasteiger partial charge in [0.2, 0.25) is 0 Å². The van der Waals surface area contributed by atoms with Gasteiger partial charge >= 0.3 is 0 Å². The van der Waals surface area contributed by atoms with Crippen LogP contribution in [0.2, 0.25) is 0 Å². The van der Waals surface area contributed by atoms with Crippen molar-refractivity contribution in [3.05, 3.63) is 23.0 Å². The molecule has 1 saturated heterocycles. The minimum Gasteiger partial charge on any atom is -0.397 e. The van der Waals surface area contributed by atoms with Crippen LogP contribution < -0.4 is 11.1 Å². The number of aryl methyl sites for hydroxylation is 1. The van der Waals surface area contributed by atoms with Crippen LogP contribution in [0.4, 0.5) is 5.69 Å². The molecule has 0 bridgehead atoms. The highest BCUT2D eigenvalue weighted by Gasteiger charge is 2.23. The number of ether oxygens (including phenoxy) is 1. The summed E-state index contributed by atoms with van der Waals surface area (Å²) < 4.78 is 5.36. The van der Waals surface area contributed by atoms with E-state index in [4.69, 9.17) is 10.5 Å². The molecular weight excluding hydrogens is 282 g/mol. The molecule has 122 valence electrons. The van der Waals surface area contributed by atoms with Gasteiger partial charge in [-0.3, -0.25) is 4.79 Å². The third-order valence-corrected chi connectivity index (χ3v) is 3.78. The predicted molar refractivity (Wildman–Crippen MR) is 84.8 cm³/mol. The van der Waals surface area contributed by atoms with Gasteiger partial charge in [0.25, 0.3) is 5.91 Å². The number of nitrogens with two attached hydrogens (primary N) is 1. The number of rotatable bonds is 4. The van der Waals surface area contributed by atoms with Gasteiger partial charge in [-0.25, -0.2) is 4.98 Å². The third-order valence-electron chi connectivity index (χ3n) is 3.78. The second-order valence-corrected chi connectivity index (χ2v) is 6.51. The normalized spacial score (nSPS) is 16.5. The van der Waals surface area contributed by atoms with E-state index in [0.717, 1.165) is 24.1 Å². The molecule has 1 aliphatic rings. The molecule has 0 spiro atoms. The first-order valence-corrected chi connectivity index (χ1v) is 7.63. The first-order chi connectivity index (χ1) is 10.3. The van der Waals surface area contributed by atoms with Crippen molar-refractivity contribution in [2.45, 2.75) is 45.1 Å². The molecule has 6 nitrogen and oxygen atoms in total. The summed E-state index contributed by atoms with van der Waals surface area (Å²) in [6, 6.07) is 1.80. The van der Waals surface area contributed by atoms with Crippen molar-refractivity contribution in [3.63, 3.8) is 0 Å². The van der Waals surface area contributed by atoms with Gasteiger partial charge in [-0.1, -0.05) is 0 Å². The lowest BCUT2D eigenvalue weighted by Gasteiger charge is -2.24. The number of amides is 1. The lowest BCUT2D eigenvalue weighted by molar-refractivity contribution is 0.0690. The zero-order valence-corrected chi connectivity index (χ0v) is 13.5. The summed E-state index contributed by atoms with van der Waals surface area (Å²) in [7, 11) is 0. The zero-order valence-electron chi connectivity index (χ0n) is 13.5. The SMILES string of the molecule is Cc1cc(N)c(C2CCOCC2)nc1C(=O)NCC(C)(C)O. The summed E-state index contributed by atoms with van der Waals surface area (Å²) in [6.45, 7) is 6.66. The summed E-state index contributed by atoms with van der Waals surface area (Å²) >= 11 is 0. The molecule has 1 aromatic rings. The van der Waals surface area contributed by atoms with Crippen LogP contribution in [0.3, 0.4) is 0 Å². The first kappa shape index (κ1) is 16.7. The number of aliphatic hydroxyl groups is 1. The lowest BCUT2D eigenvalue weighted by atomic mass is 9.94. The first-order valence-electron chi connectivity index (χ1n) is 7.63. The number of pyridine rings is 1. The fourth-order valence-electron chi connectivity index (χ4n) is 2.56. The molecule has 0 saturated carbocycles. The van der Waals surface area contributed by atoms with Crippen molar-refractivity contribution in [2.75, 3.05) is 25.5 Å². The van der Waals surface area contributed by atoms with Crippen molar-refractivity contribution >= 4 is 11.6 Å². The van der Waals surface area contributed by atoms with E-state index >= 15 is 0 Å². The van der Waals surface area contributed by atoms with Crippen molar-refractivity contribution in [3.8, 4) is 0 Å². The molecule has 0 aliphatic carbocycles. The van der Waals surface area contributed by atoms with Gasteiger partial charge in [-0.15, -0.1) is 0 Å². The molecule has 6 heteroatoms. The number of carbonyl (C=O) groups excluding carboxylic acids is 1. The van der Waals surface area contributed by atoms with Crippen LogP contribution in [0.5, 0.6) is 0 Å². The van der Waals surface area contributed by atoms with E-state index in [2.05, 4.69) is 10.3 Å². The van der Waals surface area contributed by atoms with Crippen LogP contribution in [0.25, 0.3) is 0 Å². The quantitative estimate of drug-likeness (QED) is 0.780. The van der Waals surface area contributed by atoms with Crippen molar-refractivity contribution in [1.29, 1.82) is 0 Å². The Morgan fingerprint density at radius 3 is 2.73 bits per heavy atom. The highest BCUT2D eigenvalue weighted by molar-refractivity contribution is 5.94. The second kappa shape index (κ2) is 6.62. The third kappa shape index (κ3) is 4.18. The van der Waals surface area contributed by atoms with E-state index in [0.29, 0.717) is 24.6 Å². The Labute approximate surface area is 131 Å². The zero-order chi connectivity index (χ0) is 16.3. The molecular formula is C16H25N3O3. The molecule has 1 aliphatic heterocycles. The summed E-state index contributed by atoms with van der Waals surface area (Å²) in [5.74, 6) is -0.0527. The van der Waals surface area contributed by atoms with Crippen molar-refractivity contribution < 1.29 is 14.6 Å². The number of hydrogen-bond acceptors (Lipinski definition) is 5. The minimum absolute atomic E-state index is 0.171. The average Bonchev–Trinajstić information content (AvgIpc) is 2.45. The summed E-state index contributed by atoms with van der Waals surface area (Å²) in [5.41, 5.74) is 7.65. The van der Waals surface area contributed by atoms with Crippen molar-refractivity contribution in [1.82, 2.24) is 10.3 Å². The minimum atomic E-state index is -0.957. The Balaban J connectivity index is 2.22. The monoisotopic (exact) mass is 307 g/mol. The average molecular weight is 307 g/mol. The standard InChI is InChI=1S/C16H25N3O3/c1-10-8-12(17)14(11-4-6-22-7-5-11)19-13(10)15(20)18-9-16(2,3)21/h8,11,21H,4-7,9,17H2,1-3H3,(H,18,20). The van der Waals surface area contributed by atoms with Crippen LogP contribution >= 0.6 is 0 Å². The molecule has 0 aromatic carbocycles. The van der Waals surface area contributed by atoms with Gasteiger partial charge in [0.05, 0.1) is 17.0 Å². The van der Waals surface area contributed by atoms with Crippen LogP contribution in [-0.4, -0.2) is 41.4 Å². The van der Waals surface area contributed by atoms with Crippen LogP contribution in [-0.2, 0) is 4.74 Å². The van der Waals surface area contributed by atoms with E-state index in [9.17, 15) is 9.90 Å². The van der Waals surface area contributed by atoms with Gasteiger partial charge in [0.1, 0.15) is 5.69 Å². The fraction of sp³-hybridized carbons (Fsp3) is 0.625. The highest BCUT2D eigenvalue weighted by Crippen LogP contribution is 2.30. The van der Waals surface area contributed by atoms with Gasteiger partial charge < -0.3 is 20.9 Å². The van der Waals surface area contributed by atoms with Gasteiger partial charge in [0.15, 0.2) is 0 Å². The molecule has 4 N–H and O–H groups in total. The highest BCUT2D eigenvalue weighted by atomic mass is 16.5. The molecule has 1 fully saturated rings. The number of anilines is 1. The van der Waals surface area contributed by atoms with E-state index in [1.54, 1.807) is 19.9 Å². The molecule has 0 radical (unpaired) electrons. The Morgan fingerprint density at radius 2 is 2.14 bits per heavy atom. The van der Waals surface area contributed by atoms with Crippen LogP contribution in [0, 0.1) is 6.92 Å². The summed E-state index contributed by atoms with van der Waals surface area (Å²) in [6.07, 6.45) is 1.73. The molecule has 22 heavy (non-hydrogen) atoms. The Bertz CT molecular complexity index is 546. The Kier molecular flexibility index (Phi) is 5.03. The van der Waals surface area contributed by atoms with E-state index in [1.165, 1.54) is 0 Å². The van der Waals surface area contributed by atoms with E-state index < -0.39 is 5.60 Å². The fourth-order valence-corrected chi connectivity index (χ4v) is 2.56. The van der Waals surface area contributed by atoms with E-state index in [1.807, 2.05) is 6.92 Å². The lowest BCUT2D eigenvalue weighted by Crippen LogP contribution is -2.38. The van der Waals surface area contributed by atoms with Gasteiger partial charge in [-0.2, -0.15) is 0 Å². The maximum atomic E-state index is 12.3. The molecule has 0 unspecified atom stereocenters. The van der Waals surface area contributed by atoms with Crippen LogP contribution in [0.15, 0.2) is 6.07 Å². The van der Waals surface area contributed by atoms with Gasteiger partial charge in [0, 0.05) is 25.7 Å². The van der Waals surface area contributed by atoms with Crippen molar-refractivity contribution in [2.24, 2.45) is 0 Å². The maximum Gasteiger partial charge on any atom is 0.270 e. The van der Waals surface area contributed by atoms with E-state index in [-0.39, 0.29) is 18.4 Å². The summed E-state index contributed by atoms with van der Waals surface area (Å²) in [4.78, 5) is 16.8. The molecule has 1 amide bonds. The maximum absolute atomic E-state index is 12.3. The molecule has 2 heterocycles. The molecule has 2 rings (SSSR count). The number of nitrogens with one attached hydrogen (secondary N) is 1.